The van der Waals surface area contributed by atoms with Gasteiger partial charge in [0.25, 0.3) is 6.71 Å². The molecule has 0 spiro atoms. The van der Waals surface area contributed by atoms with Gasteiger partial charge < -0.3 is 14.4 Å². The number of nitrogens with zero attached hydrogens (tertiary/aromatic N) is 3. The van der Waals surface area contributed by atoms with Crippen LogP contribution >= 0.6 is 0 Å². The quantitative estimate of drug-likeness (QED) is 0.170. The number of benzene rings is 7. The van der Waals surface area contributed by atoms with E-state index in [-0.39, 0.29) is 17.5 Å². The fourth-order valence-corrected chi connectivity index (χ4v) is 9.01. The third-order valence-corrected chi connectivity index (χ3v) is 11.6. The van der Waals surface area contributed by atoms with Crippen LogP contribution in [0.25, 0.3) is 27.5 Å². The Kier molecular flexibility index (Phi) is 7.10. The molecule has 2 aliphatic heterocycles. The van der Waals surface area contributed by atoms with Crippen LogP contribution in [0.2, 0.25) is 0 Å². The maximum Gasteiger partial charge on any atom is 0.253 e. The molecule has 2 aliphatic rings. The van der Waals surface area contributed by atoms with Gasteiger partial charge in [0.15, 0.2) is 0 Å². The van der Waals surface area contributed by atoms with Gasteiger partial charge in [0.1, 0.15) is 0 Å². The Hall–Kier alpha value is -6.00. The van der Waals surface area contributed by atoms with Crippen LogP contribution in [0.4, 0.5) is 34.1 Å². The van der Waals surface area contributed by atoms with Crippen LogP contribution < -0.4 is 26.2 Å². The largest absolute Gasteiger partial charge is 0.311 e. The molecule has 0 atom stereocenters. The number of hydrogen-bond donors (Lipinski definition) is 0. The minimum Gasteiger partial charge on any atom is -0.311 e. The molecule has 0 radical (unpaired) electrons. The molecule has 7 aromatic carbocycles. The molecule has 0 bridgehead atoms. The first-order chi connectivity index (χ1) is 26.1. The molecule has 0 N–H and O–H groups in total. The minimum atomic E-state index is -0.0768. The summed E-state index contributed by atoms with van der Waals surface area (Å²) in [5.74, 6) is 0. The van der Waals surface area contributed by atoms with Crippen molar-refractivity contribution in [2.24, 2.45) is 0 Å². The van der Waals surface area contributed by atoms with Crippen molar-refractivity contribution in [3.05, 3.63) is 169 Å². The first-order valence-electron chi connectivity index (χ1n) is 19.2. The lowest BCUT2D eigenvalue weighted by Crippen LogP contribution is -2.61. The Morgan fingerprint density at radius 2 is 0.926 bits per heavy atom. The summed E-state index contributed by atoms with van der Waals surface area (Å²) in [5, 5.41) is 2.59. The average Bonchev–Trinajstić information content (AvgIpc) is 3.52. The van der Waals surface area contributed by atoms with Crippen molar-refractivity contribution in [1.82, 2.24) is 4.57 Å². The van der Waals surface area contributed by atoms with Crippen LogP contribution in [0.1, 0.15) is 52.7 Å². The van der Waals surface area contributed by atoms with Gasteiger partial charge in [-0.25, -0.2) is 0 Å². The molecule has 1 aromatic heterocycles. The van der Waals surface area contributed by atoms with E-state index in [4.69, 9.17) is 0 Å². The van der Waals surface area contributed by atoms with E-state index in [0.29, 0.717) is 0 Å². The second kappa shape index (κ2) is 11.8. The SMILES string of the molecule is CC(C)(C)c1ccc2c(c1)N(c1ccccc1)c1cc(C(C)(C)C)cc3c1B2c1c(ccc2c1c1ccccc1n2-c1ccccc1)N3c1ccccc1. The van der Waals surface area contributed by atoms with E-state index in [0.717, 1.165) is 5.69 Å². The molecule has 8 aromatic rings. The topological polar surface area (TPSA) is 11.4 Å². The van der Waals surface area contributed by atoms with E-state index >= 15 is 0 Å². The highest BCUT2D eigenvalue weighted by Gasteiger charge is 2.45. The lowest BCUT2D eigenvalue weighted by Gasteiger charge is -2.45. The van der Waals surface area contributed by atoms with Gasteiger partial charge in [-0.3, -0.25) is 0 Å². The van der Waals surface area contributed by atoms with Crippen molar-refractivity contribution in [2.45, 2.75) is 52.4 Å². The zero-order valence-corrected chi connectivity index (χ0v) is 31.9. The summed E-state index contributed by atoms with van der Waals surface area (Å²) in [5.41, 5.74) is 17.5. The third-order valence-electron chi connectivity index (χ3n) is 11.6. The lowest BCUT2D eigenvalue weighted by molar-refractivity contribution is 0.590. The van der Waals surface area contributed by atoms with E-state index in [1.165, 1.54) is 83.4 Å². The van der Waals surface area contributed by atoms with Gasteiger partial charge in [-0.1, -0.05) is 126 Å². The van der Waals surface area contributed by atoms with Gasteiger partial charge in [-0.05, 0) is 111 Å². The number of rotatable bonds is 3. The standard InChI is InChI=1S/C50H44BN3/c1-49(2,3)33-26-27-39-43(30-33)54(37-22-14-9-15-23-37)45-32-34(50(4,5)6)31-44-47(45)51(39)48-42(53(44)36-20-12-8-13-21-36)29-28-41-46(48)38-24-16-17-25-40(38)52(41)35-18-10-7-11-19-35/h7-32H,1-6H3. The van der Waals surface area contributed by atoms with E-state index in [9.17, 15) is 0 Å². The summed E-state index contributed by atoms with van der Waals surface area (Å²) < 4.78 is 2.46. The molecule has 262 valence electrons. The first-order valence-corrected chi connectivity index (χ1v) is 19.2. The Balaban J connectivity index is 1.41. The molecule has 0 fully saturated rings. The number of para-hydroxylation sites is 4. The second-order valence-electron chi connectivity index (χ2n) is 17.1. The van der Waals surface area contributed by atoms with E-state index in [2.05, 4.69) is 214 Å². The summed E-state index contributed by atoms with van der Waals surface area (Å²) in [6, 6.07) is 58.8. The maximum absolute atomic E-state index is 2.55. The Bertz CT molecular complexity index is 2730. The summed E-state index contributed by atoms with van der Waals surface area (Å²) >= 11 is 0. The summed E-state index contributed by atoms with van der Waals surface area (Å²) in [6.07, 6.45) is 0. The highest BCUT2D eigenvalue weighted by molar-refractivity contribution is 7.01. The van der Waals surface area contributed by atoms with Crippen molar-refractivity contribution in [3.63, 3.8) is 0 Å². The Morgan fingerprint density at radius 3 is 1.52 bits per heavy atom. The molecule has 3 nitrogen and oxygen atoms in total. The fourth-order valence-electron chi connectivity index (χ4n) is 9.01. The minimum absolute atomic E-state index is 0.00157. The van der Waals surface area contributed by atoms with Gasteiger partial charge in [-0.15, -0.1) is 0 Å². The Labute approximate surface area is 319 Å². The van der Waals surface area contributed by atoms with Crippen LogP contribution in [-0.2, 0) is 10.8 Å². The van der Waals surface area contributed by atoms with Gasteiger partial charge in [0.05, 0.1) is 11.0 Å². The molecule has 54 heavy (non-hydrogen) atoms. The highest BCUT2D eigenvalue weighted by atomic mass is 15.2. The molecule has 0 saturated heterocycles. The zero-order chi connectivity index (χ0) is 36.9. The molecule has 10 rings (SSSR count). The molecule has 0 amide bonds. The van der Waals surface area contributed by atoms with Crippen LogP contribution in [0.3, 0.4) is 0 Å². The molecular formula is C50H44BN3. The summed E-state index contributed by atoms with van der Waals surface area (Å²) in [4.78, 5) is 5.10. The van der Waals surface area contributed by atoms with Crippen LogP contribution in [-0.4, -0.2) is 11.3 Å². The molecule has 0 aliphatic carbocycles. The fraction of sp³-hybridized carbons (Fsp3) is 0.160. The van der Waals surface area contributed by atoms with Gasteiger partial charge in [0.2, 0.25) is 0 Å². The Morgan fingerprint density at radius 1 is 0.407 bits per heavy atom. The normalized spacial score (nSPS) is 13.6. The van der Waals surface area contributed by atoms with Gasteiger partial charge >= 0.3 is 0 Å². The maximum atomic E-state index is 2.55. The number of fused-ring (bicyclic) bond motifs is 8. The van der Waals surface area contributed by atoms with Crippen LogP contribution in [0.15, 0.2) is 158 Å². The summed E-state index contributed by atoms with van der Waals surface area (Å²) in [7, 11) is 0. The average molecular weight is 698 g/mol. The first kappa shape index (κ1) is 32.6. The van der Waals surface area contributed by atoms with Crippen molar-refractivity contribution < 1.29 is 0 Å². The van der Waals surface area contributed by atoms with Gasteiger partial charge in [0, 0.05) is 50.6 Å². The zero-order valence-electron chi connectivity index (χ0n) is 31.9. The number of aromatic nitrogens is 1. The predicted molar refractivity (Wildman–Crippen MR) is 232 cm³/mol. The van der Waals surface area contributed by atoms with Crippen LogP contribution in [0, 0.1) is 0 Å². The van der Waals surface area contributed by atoms with Crippen molar-refractivity contribution in [1.29, 1.82) is 0 Å². The number of anilines is 6. The van der Waals surface area contributed by atoms with Crippen LogP contribution in [0.5, 0.6) is 0 Å². The monoisotopic (exact) mass is 697 g/mol. The van der Waals surface area contributed by atoms with E-state index in [1.54, 1.807) is 0 Å². The summed E-state index contributed by atoms with van der Waals surface area (Å²) in [6.45, 7) is 14.0. The molecular weight excluding hydrogens is 653 g/mol. The predicted octanol–water partition coefficient (Wildman–Crippen LogP) is 11.5. The lowest BCUT2D eigenvalue weighted by atomic mass is 9.32. The highest BCUT2D eigenvalue weighted by Crippen LogP contribution is 2.48. The molecule has 0 saturated carbocycles. The third kappa shape index (κ3) is 4.82. The van der Waals surface area contributed by atoms with Crippen molar-refractivity contribution >= 4 is 79.0 Å². The molecule has 4 heteroatoms. The van der Waals surface area contributed by atoms with E-state index in [1.807, 2.05) is 0 Å². The second-order valence-corrected chi connectivity index (χ2v) is 17.1. The molecule has 0 unspecified atom stereocenters. The van der Waals surface area contributed by atoms with Crippen molar-refractivity contribution in [3.8, 4) is 5.69 Å². The van der Waals surface area contributed by atoms with Crippen molar-refractivity contribution in [2.75, 3.05) is 9.80 Å². The van der Waals surface area contributed by atoms with E-state index < -0.39 is 0 Å². The van der Waals surface area contributed by atoms with Gasteiger partial charge in [-0.2, -0.15) is 0 Å². The molecule has 3 heterocycles. The smallest absolute Gasteiger partial charge is 0.253 e. The number of hydrogen-bond acceptors (Lipinski definition) is 2.